The molecule has 0 unspecified atom stereocenters. The number of amides is 2. The Bertz CT molecular complexity index is 700. The zero-order valence-corrected chi connectivity index (χ0v) is 15.0. The molecule has 4 atom stereocenters. The molecule has 6 nitrogen and oxygen atoms in total. The number of nitrogens with zero attached hydrogens (tertiary/aromatic N) is 2. The summed E-state index contributed by atoms with van der Waals surface area (Å²) < 4.78 is 0. The Morgan fingerprint density at radius 1 is 1.16 bits per heavy atom. The average Bonchev–Trinajstić information content (AvgIpc) is 2.99. The number of hydrogen-bond acceptors (Lipinski definition) is 4. The first-order chi connectivity index (χ1) is 11.9. The number of nitrogens with one attached hydrogen (secondary N) is 1. The molecule has 2 heterocycles. The van der Waals surface area contributed by atoms with Crippen LogP contribution in [0.1, 0.15) is 43.9 Å². The molecule has 3 rings (SSSR count). The Morgan fingerprint density at radius 3 is 2.32 bits per heavy atom. The van der Waals surface area contributed by atoms with E-state index in [2.05, 4.69) is 11.8 Å². The molecule has 0 radical (unpaired) electrons. The van der Waals surface area contributed by atoms with Crippen molar-refractivity contribution in [2.24, 2.45) is 17.6 Å². The minimum atomic E-state index is -0.326. The molecule has 2 aliphatic heterocycles. The molecule has 6 heteroatoms. The number of unbranched alkanes of at least 4 members (excludes halogenated alkanes) is 1. The number of imide groups is 1. The molecular formula is C19H26N4O2. The van der Waals surface area contributed by atoms with Crippen LogP contribution in [0.15, 0.2) is 24.3 Å². The lowest BCUT2D eigenvalue weighted by atomic mass is 9.86. The number of benzene rings is 1. The molecule has 2 fully saturated rings. The summed E-state index contributed by atoms with van der Waals surface area (Å²) in [5.74, 6) is -0.638. The van der Waals surface area contributed by atoms with Crippen molar-refractivity contribution < 1.29 is 9.59 Å². The third-order valence-corrected chi connectivity index (χ3v) is 5.73. The molecule has 0 saturated carbocycles. The normalized spacial score (nSPS) is 29.3. The van der Waals surface area contributed by atoms with Gasteiger partial charge in [-0.25, -0.2) is 0 Å². The largest absolute Gasteiger partial charge is 0.384 e. The number of nitrogen functional groups attached to an aromatic ring is 1. The van der Waals surface area contributed by atoms with E-state index in [1.54, 1.807) is 12.1 Å². The molecule has 2 saturated heterocycles. The standard InChI is InChI=1S/C19H26N4O2/c1-4-5-10-23-18(24)14-11(2)22(3)16(15(14)19(23)25)12-6-8-13(9-7-12)17(20)21/h6-9,11,14-16H,4-5,10H2,1-3H3,(H3,20,21)/t11-,14-,15-,16-/m1/s1. The Labute approximate surface area is 148 Å². The number of rotatable bonds is 5. The molecule has 2 amide bonds. The summed E-state index contributed by atoms with van der Waals surface area (Å²) in [5.41, 5.74) is 7.18. The summed E-state index contributed by atoms with van der Waals surface area (Å²) in [7, 11) is 1.98. The van der Waals surface area contributed by atoms with Gasteiger partial charge in [-0.05, 0) is 26.0 Å². The maximum Gasteiger partial charge on any atom is 0.235 e. The minimum absolute atomic E-state index is 0.0190. The monoisotopic (exact) mass is 342 g/mol. The number of amidine groups is 1. The minimum Gasteiger partial charge on any atom is -0.384 e. The van der Waals surface area contributed by atoms with Gasteiger partial charge >= 0.3 is 0 Å². The van der Waals surface area contributed by atoms with Crippen LogP contribution >= 0.6 is 0 Å². The fourth-order valence-corrected chi connectivity index (χ4v) is 4.21. The molecule has 134 valence electrons. The Balaban J connectivity index is 1.93. The van der Waals surface area contributed by atoms with Crippen molar-refractivity contribution in [1.29, 1.82) is 5.41 Å². The molecule has 1 aromatic carbocycles. The van der Waals surface area contributed by atoms with Crippen molar-refractivity contribution in [1.82, 2.24) is 9.80 Å². The van der Waals surface area contributed by atoms with Crippen LogP contribution in [0.3, 0.4) is 0 Å². The van der Waals surface area contributed by atoms with E-state index < -0.39 is 0 Å². The molecule has 25 heavy (non-hydrogen) atoms. The first-order valence-electron chi connectivity index (χ1n) is 8.90. The van der Waals surface area contributed by atoms with Crippen LogP contribution in [-0.2, 0) is 9.59 Å². The number of carbonyl (C=O) groups excluding carboxylic acids is 2. The van der Waals surface area contributed by atoms with E-state index in [1.165, 1.54) is 4.90 Å². The van der Waals surface area contributed by atoms with E-state index in [9.17, 15) is 9.59 Å². The SMILES string of the molecule is CCCCN1C(=O)[C@@H]2[C@H](C1=O)[C@@H](C)N(C)[C@@H]2c1ccc(C(=N)N)cc1. The predicted molar refractivity (Wildman–Crippen MR) is 96.0 cm³/mol. The maximum absolute atomic E-state index is 13.0. The second-order valence-electron chi connectivity index (χ2n) is 7.12. The van der Waals surface area contributed by atoms with Crippen LogP contribution in [0.2, 0.25) is 0 Å². The Morgan fingerprint density at radius 2 is 1.76 bits per heavy atom. The third-order valence-electron chi connectivity index (χ3n) is 5.73. The third kappa shape index (κ3) is 2.74. The smallest absolute Gasteiger partial charge is 0.235 e. The fraction of sp³-hybridized carbons (Fsp3) is 0.526. The van der Waals surface area contributed by atoms with Crippen molar-refractivity contribution in [3.63, 3.8) is 0 Å². The zero-order valence-electron chi connectivity index (χ0n) is 15.0. The van der Waals surface area contributed by atoms with Gasteiger partial charge in [-0.2, -0.15) is 0 Å². The van der Waals surface area contributed by atoms with Crippen LogP contribution in [-0.4, -0.2) is 47.1 Å². The van der Waals surface area contributed by atoms with Gasteiger partial charge in [0.25, 0.3) is 0 Å². The summed E-state index contributed by atoms with van der Waals surface area (Å²) in [6.07, 6.45) is 1.80. The van der Waals surface area contributed by atoms with Crippen LogP contribution in [0.5, 0.6) is 0 Å². The number of likely N-dealkylation sites (tertiary alicyclic amines) is 2. The quantitative estimate of drug-likeness (QED) is 0.484. The fourth-order valence-electron chi connectivity index (χ4n) is 4.21. The van der Waals surface area contributed by atoms with E-state index in [1.807, 2.05) is 26.1 Å². The Kier molecular flexibility index (Phi) is 4.64. The molecule has 0 aliphatic carbocycles. The van der Waals surface area contributed by atoms with Crippen molar-refractivity contribution in [3.05, 3.63) is 35.4 Å². The predicted octanol–water partition coefficient (Wildman–Crippen LogP) is 1.75. The molecule has 0 spiro atoms. The zero-order chi connectivity index (χ0) is 18.3. The molecule has 3 N–H and O–H groups in total. The number of fused-ring (bicyclic) bond motifs is 1. The number of hydrogen-bond donors (Lipinski definition) is 2. The lowest BCUT2D eigenvalue weighted by Crippen LogP contribution is -2.39. The van der Waals surface area contributed by atoms with E-state index in [0.29, 0.717) is 12.1 Å². The highest BCUT2D eigenvalue weighted by molar-refractivity contribution is 6.06. The maximum atomic E-state index is 13.0. The van der Waals surface area contributed by atoms with Crippen molar-refractivity contribution >= 4 is 17.6 Å². The summed E-state index contributed by atoms with van der Waals surface area (Å²) in [6.45, 7) is 4.60. The highest BCUT2D eigenvalue weighted by atomic mass is 16.2. The van der Waals surface area contributed by atoms with Crippen molar-refractivity contribution in [2.75, 3.05) is 13.6 Å². The lowest BCUT2D eigenvalue weighted by molar-refractivity contribution is -0.141. The van der Waals surface area contributed by atoms with Gasteiger partial charge in [0.05, 0.1) is 11.8 Å². The lowest BCUT2D eigenvalue weighted by Gasteiger charge is -2.28. The van der Waals surface area contributed by atoms with Crippen LogP contribution in [0, 0.1) is 17.2 Å². The van der Waals surface area contributed by atoms with Gasteiger partial charge in [-0.3, -0.25) is 24.8 Å². The molecule has 2 aliphatic rings. The van der Waals surface area contributed by atoms with Crippen molar-refractivity contribution in [3.8, 4) is 0 Å². The summed E-state index contributed by atoms with van der Waals surface area (Å²) in [5, 5.41) is 7.52. The van der Waals surface area contributed by atoms with Crippen LogP contribution in [0.25, 0.3) is 0 Å². The molecule has 0 aromatic heterocycles. The topological polar surface area (TPSA) is 90.5 Å². The van der Waals surface area contributed by atoms with Gasteiger partial charge < -0.3 is 5.73 Å². The van der Waals surface area contributed by atoms with E-state index in [-0.39, 0.29) is 41.6 Å². The van der Waals surface area contributed by atoms with Gasteiger partial charge in [0.1, 0.15) is 5.84 Å². The van der Waals surface area contributed by atoms with Crippen LogP contribution < -0.4 is 5.73 Å². The number of nitrogens with two attached hydrogens (primary N) is 1. The van der Waals surface area contributed by atoms with E-state index in [0.717, 1.165) is 18.4 Å². The van der Waals surface area contributed by atoms with Gasteiger partial charge in [-0.1, -0.05) is 37.6 Å². The Hall–Kier alpha value is -2.21. The summed E-state index contributed by atoms with van der Waals surface area (Å²) in [6, 6.07) is 7.34. The second-order valence-corrected chi connectivity index (χ2v) is 7.12. The highest BCUT2D eigenvalue weighted by Gasteiger charge is 2.59. The van der Waals surface area contributed by atoms with Gasteiger partial charge in [0.15, 0.2) is 0 Å². The second kappa shape index (κ2) is 6.59. The van der Waals surface area contributed by atoms with Crippen molar-refractivity contribution in [2.45, 2.75) is 38.8 Å². The molecule has 0 bridgehead atoms. The van der Waals surface area contributed by atoms with E-state index in [4.69, 9.17) is 11.1 Å². The summed E-state index contributed by atoms with van der Waals surface area (Å²) >= 11 is 0. The van der Waals surface area contributed by atoms with Gasteiger partial charge in [-0.15, -0.1) is 0 Å². The van der Waals surface area contributed by atoms with Gasteiger partial charge in [0, 0.05) is 24.2 Å². The average molecular weight is 342 g/mol. The summed E-state index contributed by atoms with van der Waals surface area (Å²) in [4.78, 5) is 29.4. The van der Waals surface area contributed by atoms with E-state index >= 15 is 0 Å². The van der Waals surface area contributed by atoms with Crippen LogP contribution in [0.4, 0.5) is 0 Å². The number of carbonyl (C=O) groups is 2. The first-order valence-corrected chi connectivity index (χ1v) is 8.90. The van der Waals surface area contributed by atoms with Gasteiger partial charge in [0.2, 0.25) is 11.8 Å². The highest BCUT2D eigenvalue weighted by Crippen LogP contribution is 2.48. The first kappa shape index (κ1) is 17.6. The molecular weight excluding hydrogens is 316 g/mol. The molecule has 1 aromatic rings.